The summed E-state index contributed by atoms with van der Waals surface area (Å²) in [5.74, 6) is 0.372. The number of thiophene rings is 1. The average Bonchev–Trinajstić information content (AvgIpc) is 2.76. The van der Waals surface area contributed by atoms with Crippen LogP contribution in [0.25, 0.3) is 0 Å². The number of benzene rings is 1. The van der Waals surface area contributed by atoms with Crippen LogP contribution in [0.3, 0.4) is 0 Å². The first kappa shape index (κ1) is 14.1. The van der Waals surface area contributed by atoms with E-state index in [9.17, 15) is 5.11 Å². The molecule has 19 heavy (non-hydrogen) atoms. The van der Waals surface area contributed by atoms with Gasteiger partial charge in [0.15, 0.2) is 0 Å². The lowest BCUT2D eigenvalue weighted by Crippen LogP contribution is -2.27. The van der Waals surface area contributed by atoms with Crippen LogP contribution in [0.1, 0.15) is 27.8 Å². The first-order valence-corrected chi connectivity index (χ1v) is 7.43. The summed E-state index contributed by atoms with van der Waals surface area (Å²) in [6.07, 6.45) is 1.03. The number of aryl methyl sites for hydroxylation is 2. The van der Waals surface area contributed by atoms with Crippen LogP contribution < -0.4 is 5.32 Å². The molecule has 0 saturated heterocycles. The number of nitrogens with one attached hydrogen (secondary N) is 1. The molecule has 1 heterocycles. The van der Waals surface area contributed by atoms with Crippen molar-refractivity contribution in [3.63, 3.8) is 0 Å². The van der Waals surface area contributed by atoms with E-state index < -0.39 is 0 Å². The Morgan fingerprint density at radius 1 is 1.21 bits per heavy atom. The highest BCUT2D eigenvalue weighted by molar-refractivity contribution is 7.11. The predicted octanol–water partition coefficient (Wildman–Crippen LogP) is 3.79. The zero-order chi connectivity index (χ0) is 13.8. The number of phenols is 1. The minimum atomic E-state index is 0.372. The quantitative estimate of drug-likeness (QED) is 0.870. The number of rotatable bonds is 5. The first-order chi connectivity index (χ1) is 9.04. The van der Waals surface area contributed by atoms with Crippen LogP contribution in [0.4, 0.5) is 0 Å². The van der Waals surface area contributed by atoms with Crippen molar-refractivity contribution in [3.8, 4) is 5.75 Å². The zero-order valence-corrected chi connectivity index (χ0v) is 12.6. The van der Waals surface area contributed by atoms with Gasteiger partial charge in [-0.15, -0.1) is 11.3 Å². The van der Waals surface area contributed by atoms with Crippen molar-refractivity contribution in [2.75, 3.05) is 0 Å². The van der Waals surface area contributed by atoms with Crippen LogP contribution in [-0.2, 0) is 13.0 Å². The molecule has 0 bridgehead atoms. The summed E-state index contributed by atoms with van der Waals surface area (Å²) < 4.78 is 0. The maximum Gasteiger partial charge on any atom is 0.120 e. The van der Waals surface area contributed by atoms with Crippen LogP contribution in [0.5, 0.6) is 5.75 Å². The van der Waals surface area contributed by atoms with Crippen molar-refractivity contribution in [3.05, 3.63) is 51.2 Å². The highest BCUT2D eigenvalue weighted by atomic mass is 32.1. The summed E-state index contributed by atoms with van der Waals surface area (Å²) in [6.45, 7) is 7.07. The summed E-state index contributed by atoms with van der Waals surface area (Å²) >= 11 is 1.85. The van der Waals surface area contributed by atoms with E-state index in [1.165, 1.54) is 15.3 Å². The van der Waals surface area contributed by atoms with Gasteiger partial charge < -0.3 is 10.4 Å². The highest BCUT2D eigenvalue weighted by Gasteiger charge is 2.07. The minimum Gasteiger partial charge on any atom is -0.508 e. The molecule has 0 aliphatic carbocycles. The second kappa shape index (κ2) is 6.22. The molecule has 0 radical (unpaired) electrons. The third-order valence-corrected chi connectivity index (χ3v) is 4.20. The Kier molecular flexibility index (Phi) is 4.61. The normalized spacial score (nSPS) is 12.6. The molecule has 1 atom stereocenters. The van der Waals surface area contributed by atoms with Gasteiger partial charge in [-0.1, -0.05) is 17.7 Å². The van der Waals surface area contributed by atoms with E-state index in [2.05, 4.69) is 31.3 Å². The lowest BCUT2D eigenvalue weighted by molar-refractivity contribution is 0.458. The van der Waals surface area contributed by atoms with Crippen molar-refractivity contribution >= 4 is 11.3 Å². The molecule has 0 spiro atoms. The van der Waals surface area contributed by atoms with E-state index in [1.54, 1.807) is 6.07 Å². The van der Waals surface area contributed by atoms with Crippen LogP contribution in [0.2, 0.25) is 0 Å². The van der Waals surface area contributed by atoms with E-state index >= 15 is 0 Å². The molecule has 0 aliphatic heterocycles. The van der Waals surface area contributed by atoms with Crippen molar-refractivity contribution in [2.24, 2.45) is 0 Å². The largest absolute Gasteiger partial charge is 0.508 e. The van der Waals surface area contributed by atoms with Crippen molar-refractivity contribution < 1.29 is 5.11 Å². The van der Waals surface area contributed by atoms with Gasteiger partial charge in [0.1, 0.15) is 5.75 Å². The molecule has 1 aromatic heterocycles. The fraction of sp³-hybridized carbons (Fsp3) is 0.375. The van der Waals surface area contributed by atoms with Gasteiger partial charge in [0, 0.05) is 27.9 Å². The summed E-state index contributed by atoms with van der Waals surface area (Å²) in [5.41, 5.74) is 2.14. The summed E-state index contributed by atoms with van der Waals surface area (Å²) in [6, 6.07) is 10.5. The average molecular weight is 275 g/mol. The summed E-state index contributed by atoms with van der Waals surface area (Å²) in [4.78, 5) is 2.77. The molecule has 102 valence electrons. The van der Waals surface area contributed by atoms with Gasteiger partial charge in [-0.05, 0) is 45.4 Å². The molecule has 0 fully saturated rings. The third-order valence-electron chi connectivity index (χ3n) is 3.18. The van der Waals surface area contributed by atoms with E-state index in [0.29, 0.717) is 18.3 Å². The SMILES string of the molecule is Cc1ccc(O)c(CNC(C)Cc2ccc(C)s2)c1. The van der Waals surface area contributed by atoms with Gasteiger partial charge in [-0.3, -0.25) is 0 Å². The van der Waals surface area contributed by atoms with E-state index in [0.717, 1.165) is 12.0 Å². The molecule has 1 aromatic carbocycles. The van der Waals surface area contributed by atoms with Crippen LogP contribution in [0, 0.1) is 13.8 Å². The topological polar surface area (TPSA) is 32.3 Å². The van der Waals surface area contributed by atoms with Gasteiger partial charge in [0.25, 0.3) is 0 Å². The maximum absolute atomic E-state index is 9.80. The molecule has 2 nitrogen and oxygen atoms in total. The lowest BCUT2D eigenvalue weighted by atomic mass is 10.1. The first-order valence-electron chi connectivity index (χ1n) is 6.62. The van der Waals surface area contributed by atoms with Crippen LogP contribution >= 0.6 is 11.3 Å². The van der Waals surface area contributed by atoms with E-state index in [4.69, 9.17) is 0 Å². The van der Waals surface area contributed by atoms with E-state index in [-0.39, 0.29) is 0 Å². The van der Waals surface area contributed by atoms with Gasteiger partial charge in [0.2, 0.25) is 0 Å². The number of phenolic OH excluding ortho intramolecular Hbond substituents is 1. The molecule has 0 saturated carbocycles. The molecular formula is C16H21NOS. The van der Waals surface area contributed by atoms with Gasteiger partial charge in [0.05, 0.1) is 0 Å². The van der Waals surface area contributed by atoms with Crippen molar-refractivity contribution in [1.29, 1.82) is 0 Å². The van der Waals surface area contributed by atoms with E-state index in [1.807, 2.05) is 30.4 Å². The molecule has 1 unspecified atom stereocenters. The second-order valence-corrected chi connectivity index (χ2v) is 6.50. The van der Waals surface area contributed by atoms with Gasteiger partial charge in [-0.2, -0.15) is 0 Å². The zero-order valence-electron chi connectivity index (χ0n) is 11.7. The Morgan fingerprint density at radius 2 is 2.00 bits per heavy atom. The molecule has 2 N–H and O–H groups in total. The molecular weight excluding hydrogens is 254 g/mol. The molecule has 3 heteroatoms. The lowest BCUT2D eigenvalue weighted by Gasteiger charge is -2.14. The molecule has 2 aromatic rings. The fourth-order valence-electron chi connectivity index (χ4n) is 2.11. The Labute approximate surface area is 119 Å². The predicted molar refractivity (Wildman–Crippen MR) is 81.9 cm³/mol. The third kappa shape index (κ3) is 4.08. The van der Waals surface area contributed by atoms with Crippen molar-refractivity contribution in [2.45, 2.75) is 39.8 Å². The van der Waals surface area contributed by atoms with Gasteiger partial charge >= 0.3 is 0 Å². The van der Waals surface area contributed by atoms with Crippen molar-refractivity contribution in [1.82, 2.24) is 5.32 Å². The number of hydrogen-bond donors (Lipinski definition) is 2. The monoisotopic (exact) mass is 275 g/mol. The number of hydrogen-bond acceptors (Lipinski definition) is 3. The summed E-state index contributed by atoms with van der Waals surface area (Å²) in [5, 5.41) is 13.3. The Hall–Kier alpha value is -1.32. The molecule has 0 aliphatic rings. The summed E-state index contributed by atoms with van der Waals surface area (Å²) in [7, 11) is 0. The molecule has 2 rings (SSSR count). The van der Waals surface area contributed by atoms with Crippen LogP contribution in [-0.4, -0.2) is 11.1 Å². The van der Waals surface area contributed by atoms with Gasteiger partial charge in [-0.25, -0.2) is 0 Å². The number of aromatic hydroxyl groups is 1. The maximum atomic E-state index is 9.80. The Bertz CT molecular complexity index is 547. The second-order valence-electron chi connectivity index (χ2n) is 5.13. The fourth-order valence-corrected chi connectivity index (χ4v) is 3.13. The van der Waals surface area contributed by atoms with Crippen LogP contribution in [0.15, 0.2) is 30.3 Å². The Morgan fingerprint density at radius 3 is 2.68 bits per heavy atom. The molecule has 0 amide bonds. The Balaban J connectivity index is 1.89. The smallest absolute Gasteiger partial charge is 0.120 e. The standard InChI is InChI=1S/C16H21NOS/c1-11-4-7-16(18)14(8-11)10-17-12(2)9-15-6-5-13(3)19-15/h4-8,12,17-18H,9-10H2,1-3H3. The minimum absolute atomic E-state index is 0.372. The highest BCUT2D eigenvalue weighted by Crippen LogP contribution is 2.19.